The van der Waals surface area contributed by atoms with Gasteiger partial charge in [-0.1, -0.05) is 23.2 Å². The monoisotopic (exact) mass is 181 g/mol. The van der Waals surface area contributed by atoms with Gasteiger partial charge in [0.25, 0.3) is 0 Å². The van der Waals surface area contributed by atoms with E-state index in [0.717, 1.165) is 0 Å². The quantitative estimate of drug-likeness (QED) is 0.484. The number of rotatable bonds is 4. The van der Waals surface area contributed by atoms with Crippen molar-refractivity contribution < 1.29 is 9.84 Å². The molecule has 0 saturated heterocycles. The first-order valence-corrected chi connectivity index (χ1v) is 3.42. The van der Waals surface area contributed by atoms with Gasteiger partial charge < -0.3 is 4.74 Å². The van der Waals surface area contributed by atoms with Crippen LogP contribution in [0.4, 0.5) is 0 Å². The minimum Gasteiger partial charge on any atom is -0.496 e. The third kappa shape index (κ3) is 5.95. The first-order valence-electron chi connectivity index (χ1n) is 2.60. The molecule has 0 aliphatic rings. The molecule has 0 spiro atoms. The maximum absolute atomic E-state index is 9.97. The van der Waals surface area contributed by atoms with Crippen LogP contribution >= 0.6 is 23.2 Å². The van der Waals surface area contributed by atoms with Crippen LogP contribution in [-0.2, 0) is 9.84 Å². The predicted molar refractivity (Wildman–Crippen MR) is 40.4 cm³/mol. The van der Waals surface area contributed by atoms with Gasteiger partial charge in [-0.25, -0.2) is 5.11 Å². The molecule has 0 rings (SSSR count). The van der Waals surface area contributed by atoms with E-state index in [1.165, 1.54) is 11.8 Å². The molecule has 0 aliphatic heterocycles. The molecule has 0 heterocycles. The zero-order valence-corrected chi connectivity index (χ0v) is 6.73. The lowest BCUT2D eigenvalue weighted by molar-refractivity contribution is 0.220. The van der Waals surface area contributed by atoms with Crippen LogP contribution in [0.25, 0.3) is 0 Å². The van der Waals surface area contributed by atoms with Crippen molar-refractivity contribution in [2.24, 2.45) is 0 Å². The van der Waals surface area contributed by atoms with Gasteiger partial charge in [0.15, 0.2) is 0 Å². The van der Waals surface area contributed by atoms with Crippen LogP contribution in [0.15, 0.2) is 22.9 Å². The molecule has 4 heteroatoms. The molecular weight excluding hydrogens is 175 g/mol. The van der Waals surface area contributed by atoms with E-state index >= 15 is 0 Å². The topological polar surface area (TPSA) is 29.1 Å². The van der Waals surface area contributed by atoms with Gasteiger partial charge in [-0.15, -0.1) is 0 Å². The van der Waals surface area contributed by atoms with Crippen molar-refractivity contribution in [2.45, 2.75) is 0 Å². The summed E-state index contributed by atoms with van der Waals surface area (Å²) in [7, 11) is 0. The Balaban J connectivity index is 3.33. The van der Waals surface area contributed by atoms with Crippen molar-refractivity contribution in [2.75, 3.05) is 13.2 Å². The molecule has 0 aliphatic carbocycles. The summed E-state index contributed by atoms with van der Waals surface area (Å²) < 4.78 is 4.76. The van der Waals surface area contributed by atoms with Gasteiger partial charge in [0.1, 0.15) is 19.5 Å². The number of hydrogen-bond donors (Lipinski definition) is 0. The van der Waals surface area contributed by atoms with Crippen LogP contribution in [-0.4, -0.2) is 13.2 Å². The standard InChI is InChI=1S/C6H7Cl2O2/c7-2-1-3-10-5-6(8)4-9/h1-2,5H,3-4H2. The van der Waals surface area contributed by atoms with Crippen molar-refractivity contribution in [1.82, 2.24) is 0 Å². The first-order chi connectivity index (χ1) is 4.81. The molecule has 0 aromatic heterocycles. The molecule has 0 amide bonds. The van der Waals surface area contributed by atoms with Crippen LogP contribution in [0, 0.1) is 0 Å². The fourth-order valence-corrected chi connectivity index (χ4v) is 0.400. The summed E-state index contributed by atoms with van der Waals surface area (Å²) in [5.74, 6) is 0. The van der Waals surface area contributed by atoms with Crippen LogP contribution in [0.5, 0.6) is 0 Å². The van der Waals surface area contributed by atoms with Gasteiger partial charge in [-0.3, -0.25) is 0 Å². The molecule has 2 nitrogen and oxygen atoms in total. The molecule has 0 atom stereocenters. The average Bonchev–Trinajstić information content (AvgIpc) is 1.98. The van der Waals surface area contributed by atoms with E-state index in [9.17, 15) is 5.11 Å². The fourth-order valence-electron chi connectivity index (χ4n) is 0.264. The second kappa shape index (κ2) is 6.93. The number of ether oxygens (including phenoxy) is 1. The molecule has 0 saturated carbocycles. The highest BCUT2D eigenvalue weighted by atomic mass is 35.5. The fraction of sp³-hybridized carbons (Fsp3) is 0.333. The summed E-state index contributed by atoms with van der Waals surface area (Å²) >= 11 is 10.5. The Morgan fingerprint density at radius 3 is 2.80 bits per heavy atom. The molecule has 0 aromatic carbocycles. The highest BCUT2D eigenvalue weighted by molar-refractivity contribution is 6.29. The van der Waals surface area contributed by atoms with E-state index < -0.39 is 6.61 Å². The van der Waals surface area contributed by atoms with Gasteiger partial charge >= 0.3 is 0 Å². The van der Waals surface area contributed by atoms with Crippen LogP contribution in [0.1, 0.15) is 0 Å². The molecule has 0 unspecified atom stereocenters. The zero-order chi connectivity index (χ0) is 7.82. The largest absolute Gasteiger partial charge is 0.496 e. The lowest BCUT2D eigenvalue weighted by atomic mass is 10.6. The Morgan fingerprint density at radius 2 is 2.30 bits per heavy atom. The van der Waals surface area contributed by atoms with E-state index in [1.54, 1.807) is 6.08 Å². The summed E-state index contributed by atoms with van der Waals surface area (Å²) in [4.78, 5) is 0. The van der Waals surface area contributed by atoms with E-state index in [4.69, 9.17) is 27.9 Å². The maximum Gasteiger partial charge on any atom is 0.121 e. The molecule has 1 radical (unpaired) electrons. The number of halogens is 2. The minimum absolute atomic E-state index is 0.156. The SMILES string of the molecule is [O]CC(Cl)=COCC=CCl. The van der Waals surface area contributed by atoms with Crippen molar-refractivity contribution in [3.05, 3.63) is 22.9 Å². The lowest BCUT2D eigenvalue weighted by Gasteiger charge is -1.93. The van der Waals surface area contributed by atoms with Gasteiger partial charge in [0, 0.05) is 5.54 Å². The average molecular weight is 182 g/mol. The highest BCUT2D eigenvalue weighted by Gasteiger charge is 1.86. The maximum atomic E-state index is 9.97. The third-order valence-electron chi connectivity index (χ3n) is 0.631. The highest BCUT2D eigenvalue weighted by Crippen LogP contribution is 1.98. The lowest BCUT2D eigenvalue weighted by Crippen LogP contribution is -1.84. The summed E-state index contributed by atoms with van der Waals surface area (Å²) in [6, 6.07) is 0. The van der Waals surface area contributed by atoms with Crippen LogP contribution < -0.4 is 0 Å². The Kier molecular flexibility index (Phi) is 6.81. The van der Waals surface area contributed by atoms with E-state index in [-0.39, 0.29) is 5.03 Å². The van der Waals surface area contributed by atoms with Crippen molar-refractivity contribution in [3.8, 4) is 0 Å². The predicted octanol–water partition coefficient (Wildman–Crippen LogP) is 2.27. The summed E-state index contributed by atoms with van der Waals surface area (Å²) in [6.45, 7) is -0.119. The molecule has 0 bridgehead atoms. The smallest absolute Gasteiger partial charge is 0.121 e. The first kappa shape index (κ1) is 9.82. The Labute approximate surface area is 69.7 Å². The summed E-state index contributed by atoms with van der Waals surface area (Å²) in [5, 5.41) is 10.1. The molecule has 0 N–H and O–H groups in total. The molecule has 10 heavy (non-hydrogen) atoms. The molecule has 0 aromatic rings. The van der Waals surface area contributed by atoms with Crippen molar-refractivity contribution in [3.63, 3.8) is 0 Å². The Morgan fingerprint density at radius 1 is 1.60 bits per heavy atom. The number of hydrogen-bond acceptors (Lipinski definition) is 1. The van der Waals surface area contributed by atoms with Crippen LogP contribution in [0.3, 0.4) is 0 Å². The second-order valence-corrected chi connectivity index (χ2v) is 2.14. The van der Waals surface area contributed by atoms with Crippen molar-refractivity contribution >= 4 is 23.2 Å². The van der Waals surface area contributed by atoms with Crippen LogP contribution in [0.2, 0.25) is 0 Å². The molecular formula is C6H7Cl2O2. The summed E-state index contributed by atoms with van der Waals surface area (Å²) in [6.07, 6.45) is 2.80. The van der Waals surface area contributed by atoms with Crippen molar-refractivity contribution in [1.29, 1.82) is 0 Å². The Hall–Kier alpha value is -0.180. The van der Waals surface area contributed by atoms with Gasteiger partial charge in [0.05, 0.1) is 5.03 Å². The summed E-state index contributed by atoms with van der Waals surface area (Å²) in [5.41, 5.74) is 1.33. The van der Waals surface area contributed by atoms with E-state index in [0.29, 0.717) is 6.61 Å². The second-order valence-electron chi connectivity index (χ2n) is 1.40. The van der Waals surface area contributed by atoms with Gasteiger partial charge in [-0.05, 0) is 6.08 Å². The van der Waals surface area contributed by atoms with Gasteiger partial charge in [0.2, 0.25) is 0 Å². The third-order valence-corrected chi connectivity index (χ3v) is 1.01. The van der Waals surface area contributed by atoms with E-state index in [2.05, 4.69) is 0 Å². The Bertz CT molecular complexity index is 132. The zero-order valence-electron chi connectivity index (χ0n) is 5.22. The normalized spacial score (nSPS) is 12.5. The molecule has 57 valence electrons. The van der Waals surface area contributed by atoms with E-state index in [1.807, 2.05) is 0 Å². The minimum atomic E-state index is -0.452. The molecule has 0 fully saturated rings. The van der Waals surface area contributed by atoms with Gasteiger partial charge in [-0.2, -0.15) is 0 Å².